The van der Waals surface area contributed by atoms with Crippen molar-refractivity contribution in [1.29, 1.82) is 0 Å². The molecule has 3 fully saturated rings. The van der Waals surface area contributed by atoms with Gasteiger partial charge in [0.1, 0.15) is 11.6 Å². The molecule has 4 aromatic rings. The van der Waals surface area contributed by atoms with Gasteiger partial charge in [0, 0.05) is 48.7 Å². The fourth-order valence-corrected chi connectivity index (χ4v) is 6.39. The van der Waals surface area contributed by atoms with Crippen molar-refractivity contribution in [2.45, 2.75) is 56.5 Å². The lowest BCUT2D eigenvalue weighted by molar-refractivity contribution is -0.136. The van der Waals surface area contributed by atoms with E-state index in [4.69, 9.17) is 5.10 Å². The summed E-state index contributed by atoms with van der Waals surface area (Å²) < 4.78 is 2.10. The highest BCUT2D eigenvalue weighted by atomic mass is 16.2. The Morgan fingerprint density at radius 1 is 0.884 bits per heavy atom. The number of carbonyl (C=O) groups excluding carboxylic acids is 4. The molecule has 1 unspecified atom stereocenters. The van der Waals surface area contributed by atoms with Gasteiger partial charge in [-0.25, -0.2) is 0 Å². The van der Waals surface area contributed by atoms with Crippen molar-refractivity contribution in [2.24, 2.45) is 5.92 Å². The van der Waals surface area contributed by atoms with E-state index in [1.807, 2.05) is 6.07 Å². The summed E-state index contributed by atoms with van der Waals surface area (Å²) in [5, 5.41) is 10.7. The number of aromatic nitrogens is 5. The van der Waals surface area contributed by atoms with Gasteiger partial charge in [-0.2, -0.15) is 5.10 Å². The summed E-state index contributed by atoms with van der Waals surface area (Å²) in [5.74, 6) is -1.10. The van der Waals surface area contributed by atoms with E-state index in [0.29, 0.717) is 17.9 Å². The zero-order valence-electron chi connectivity index (χ0n) is 23.2. The maximum Gasteiger partial charge on any atom is 0.262 e. The Hall–Kier alpha value is -5.00. The van der Waals surface area contributed by atoms with Gasteiger partial charge in [0.15, 0.2) is 0 Å². The SMILES string of the molecule is O=C1CCC(N2C(=O)c3ccc(NCC4CC(n5cc(-c6cc7nccnc7cn6)c(C6CC6)n5)C4)cc3C2=O)C(=O)N1. The monoisotopic (exact) mass is 576 g/mol. The molecule has 0 bridgehead atoms. The number of hydrogen-bond acceptors (Lipinski definition) is 9. The summed E-state index contributed by atoms with van der Waals surface area (Å²) in [4.78, 5) is 64.4. The third kappa shape index (κ3) is 4.44. The first-order valence-corrected chi connectivity index (χ1v) is 14.7. The predicted octanol–water partition coefficient (Wildman–Crippen LogP) is 3.23. The van der Waals surface area contributed by atoms with Crippen LogP contribution in [-0.2, 0) is 9.59 Å². The zero-order valence-corrected chi connectivity index (χ0v) is 23.2. The minimum absolute atomic E-state index is 0.0935. The van der Waals surface area contributed by atoms with Crippen LogP contribution in [0, 0.1) is 5.92 Å². The number of benzene rings is 1. The summed E-state index contributed by atoms with van der Waals surface area (Å²) in [6.45, 7) is 0.725. The van der Waals surface area contributed by atoms with Crippen molar-refractivity contribution in [3.63, 3.8) is 0 Å². The Morgan fingerprint density at radius 3 is 2.47 bits per heavy atom. The van der Waals surface area contributed by atoms with Gasteiger partial charge < -0.3 is 5.32 Å². The van der Waals surface area contributed by atoms with Crippen molar-refractivity contribution in [1.82, 2.24) is 34.9 Å². The minimum atomic E-state index is -0.970. The molecule has 2 N–H and O–H groups in total. The van der Waals surface area contributed by atoms with E-state index in [9.17, 15) is 19.2 Å². The van der Waals surface area contributed by atoms with Crippen LogP contribution in [0.3, 0.4) is 0 Å². The van der Waals surface area contributed by atoms with E-state index >= 15 is 0 Å². The molecule has 12 nitrogen and oxygen atoms in total. The van der Waals surface area contributed by atoms with Crippen LogP contribution in [0.15, 0.2) is 49.1 Å². The van der Waals surface area contributed by atoms with E-state index in [0.717, 1.165) is 70.8 Å². The topological polar surface area (TPSA) is 152 Å². The number of anilines is 1. The number of fused-ring (bicyclic) bond motifs is 2. The fourth-order valence-electron chi connectivity index (χ4n) is 6.39. The van der Waals surface area contributed by atoms with Gasteiger partial charge in [-0.05, 0) is 62.3 Å². The summed E-state index contributed by atoms with van der Waals surface area (Å²) in [6, 6.07) is 6.42. The van der Waals surface area contributed by atoms with E-state index < -0.39 is 29.7 Å². The molecule has 0 radical (unpaired) electrons. The molecule has 5 heterocycles. The van der Waals surface area contributed by atoms with Crippen LogP contribution in [0.1, 0.15) is 76.9 Å². The molecule has 1 atom stereocenters. The Morgan fingerprint density at radius 2 is 1.67 bits per heavy atom. The van der Waals surface area contributed by atoms with Crippen molar-refractivity contribution in [3.8, 4) is 11.3 Å². The standard InChI is InChI=1S/C31H28N8O4/c40-27-6-5-26(29(41)36-27)39-30(42)20-4-3-18(11-21(20)31(39)43)34-13-16-9-19(10-16)38-15-22(28(37-38)17-1-2-17)23-12-24-25(14-35-23)33-8-7-32-24/h3-4,7-8,11-12,14-17,19,26,34H,1-2,5-6,9-10,13H2,(H,36,40,41). The average Bonchev–Trinajstić information content (AvgIpc) is 3.70. The normalized spacial score (nSPS) is 23.3. The number of hydrogen-bond donors (Lipinski definition) is 2. The number of nitrogens with zero attached hydrogens (tertiary/aromatic N) is 6. The molecule has 43 heavy (non-hydrogen) atoms. The second-order valence-corrected chi connectivity index (χ2v) is 11.9. The number of piperidine rings is 1. The third-order valence-corrected chi connectivity index (χ3v) is 8.98. The molecule has 3 aromatic heterocycles. The number of amides is 4. The van der Waals surface area contributed by atoms with Gasteiger partial charge in [0.2, 0.25) is 11.8 Å². The molecular formula is C31H28N8O4. The zero-order chi connectivity index (χ0) is 29.2. The number of rotatable bonds is 7. The second kappa shape index (κ2) is 9.79. The van der Waals surface area contributed by atoms with Crippen LogP contribution in [0.4, 0.5) is 5.69 Å². The van der Waals surface area contributed by atoms with Gasteiger partial charge in [0.05, 0.1) is 40.3 Å². The smallest absolute Gasteiger partial charge is 0.262 e. The highest BCUT2D eigenvalue weighted by Crippen LogP contribution is 2.45. The van der Waals surface area contributed by atoms with Crippen LogP contribution in [-0.4, -0.2) is 65.8 Å². The molecule has 4 amide bonds. The molecule has 2 aliphatic carbocycles. The summed E-state index contributed by atoms with van der Waals surface area (Å²) >= 11 is 0. The van der Waals surface area contributed by atoms with Crippen molar-refractivity contribution in [3.05, 3.63) is 65.9 Å². The van der Waals surface area contributed by atoms with E-state index in [-0.39, 0.29) is 24.0 Å². The number of carbonyl (C=O) groups is 4. The lowest BCUT2D eigenvalue weighted by Gasteiger charge is -2.35. The van der Waals surface area contributed by atoms with Crippen LogP contribution >= 0.6 is 0 Å². The Kier molecular flexibility index (Phi) is 5.85. The average molecular weight is 577 g/mol. The van der Waals surface area contributed by atoms with Gasteiger partial charge in [-0.15, -0.1) is 0 Å². The van der Waals surface area contributed by atoms with Gasteiger partial charge in [-0.3, -0.25) is 49.0 Å². The quantitative estimate of drug-likeness (QED) is 0.316. The van der Waals surface area contributed by atoms with Gasteiger partial charge in [0.25, 0.3) is 11.8 Å². The Labute approximate surface area is 245 Å². The second-order valence-electron chi connectivity index (χ2n) is 11.9. The van der Waals surface area contributed by atoms with Crippen molar-refractivity contribution in [2.75, 3.05) is 11.9 Å². The molecule has 1 aromatic carbocycles. The van der Waals surface area contributed by atoms with E-state index in [1.54, 1.807) is 36.8 Å². The molecule has 216 valence electrons. The molecule has 0 spiro atoms. The largest absolute Gasteiger partial charge is 0.385 e. The Balaban J connectivity index is 0.923. The molecule has 1 saturated heterocycles. The molecule has 4 aliphatic rings. The molecular weight excluding hydrogens is 548 g/mol. The fraction of sp³-hybridized carbons (Fsp3) is 0.355. The first-order valence-electron chi connectivity index (χ1n) is 14.7. The lowest BCUT2D eigenvalue weighted by Crippen LogP contribution is -2.54. The molecule has 8 rings (SSSR count). The first-order chi connectivity index (χ1) is 20.9. The maximum atomic E-state index is 13.1. The van der Waals surface area contributed by atoms with Crippen molar-refractivity contribution < 1.29 is 19.2 Å². The third-order valence-electron chi connectivity index (χ3n) is 8.98. The number of imide groups is 2. The summed E-state index contributed by atoms with van der Waals surface area (Å²) in [7, 11) is 0. The highest BCUT2D eigenvalue weighted by Gasteiger charge is 2.44. The minimum Gasteiger partial charge on any atom is -0.385 e. The van der Waals surface area contributed by atoms with Crippen LogP contribution in [0.2, 0.25) is 0 Å². The summed E-state index contributed by atoms with van der Waals surface area (Å²) in [6.07, 6.45) is 11.7. The van der Waals surface area contributed by atoms with Crippen LogP contribution in [0.25, 0.3) is 22.3 Å². The molecule has 2 saturated carbocycles. The Bertz CT molecular complexity index is 1840. The molecule has 2 aliphatic heterocycles. The predicted molar refractivity (Wildman–Crippen MR) is 154 cm³/mol. The van der Waals surface area contributed by atoms with Gasteiger partial charge in [-0.1, -0.05) is 0 Å². The first kappa shape index (κ1) is 25.7. The number of nitrogens with one attached hydrogen (secondary N) is 2. The van der Waals surface area contributed by atoms with Crippen LogP contribution in [0.5, 0.6) is 0 Å². The molecule has 12 heteroatoms. The van der Waals surface area contributed by atoms with Gasteiger partial charge >= 0.3 is 0 Å². The maximum absolute atomic E-state index is 13.1. The van der Waals surface area contributed by atoms with E-state index in [1.165, 1.54) is 0 Å². The van der Waals surface area contributed by atoms with E-state index in [2.05, 4.69) is 36.5 Å². The number of pyridine rings is 1. The summed E-state index contributed by atoms with van der Waals surface area (Å²) in [5.41, 5.74) is 5.94. The van der Waals surface area contributed by atoms with Crippen LogP contribution < -0.4 is 10.6 Å². The lowest BCUT2D eigenvalue weighted by atomic mass is 9.80. The van der Waals surface area contributed by atoms with Crippen molar-refractivity contribution >= 4 is 40.3 Å². The highest BCUT2D eigenvalue weighted by molar-refractivity contribution is 6.23.